The molecule has 1 aromatic carbocycles. The van der Waals surface area contributed by atoms with Crippen LogP contribution in [0.3, 0.4) is 0 Å². The van der Waals surface area contributed by atoms with Crippen molar-refractivity contribution in [2.45, 2.75) is 13.8 Å². The van der Waals surface area contributed by atoms with Crippen LogP contribution in [0.2, 0.25) is 0 Å². The number of aromatic nitrogens is 3. The largest absolute Gasteiger partial charge is 0.497 e. The van der Waals surface area contributed by atoms with E-state index in [-0.39, 0.29) is 5.91 Å². The van der Waals surface area contributed by atoms with Gasteiger partial charge in [0.15, 0.2) is 5.13 Å². The number of nitrogens with zero attached hydrogens (tertiary/aromatic N) is 3. The molecule has 0 bridgehead atoms. The summed E-state index contributed by atoms with van der Waals surface area (Å²) < 4.78 is 5.14. The van der Waals surface area contributed by atoms with Crippen molar-refractivity contribution in [2.24, 2.45) is 0 Å². The SMILES string of the molecule is COc1cccc(NC(=O)c2csc(Nc3nc(C)cc(C)n3)n2)c1. The van der Waals surface area contributed by atoms with Gasteiger partial charge in [-0.15, -0.1) is 11.3 Å². The van der Waals surface area contributed by atoms with E-state index in [0.717, 1.165) is 11.4 Å². The van der Waals surface area contributed by atoms with Crippen LogP contribution in [0.25, 0.3) is 0 Å². The molecule has 0 atom stereocenters. The van der Waals surface area contributed by atoms with Gasteiger partial charge in [-0.05, 0) is 32.0 Å². The summed E-state index contributed by atoms with van der Waals surface area (Å²) in [5.74, 6) is 0.843. The van der Waals surface area contributed by atoms with E-state index in [1.807, 2.05) is 26.0 Å². The van der Waals surface area contributed by atoms with E-state index in [1.165, 1.54) is 11.3 Å². The second kappa shape index (κ2) is 7.27. The predicted octanol–water partition coefficient (Wildman–Crippen LogP) is 3.55. The number of anilines is 3. The zero-order valence-corrected chi connectivity index (χ0v) is 14.8. The van der Waals surface area contributed by atoms with E-state index in [0.29, 0.717) is 28.2 Å². The summed E-state index contributed by atoms with van der Waals surface area (Å²) in [4.78, 5) is 25.2. The monoisotopic (exact) mass is 355 g/mol. The van der Waals surface area contributed by atoms with E-state index in [1.54, 1.807) is 30.7 Å². The standard InChI is InChI=1S/C17H17N5O2S/c1-10-7-11(2)19-16(18-10)22-17-21-14(9-25-17)15(23)20-12-5-4-6-13(8-12)24-3/h4-9H,1-3H3,(H,20,23)(H,18,19,21,22). The molecule has 2 N–H and O–H groups in total. The Hall–Kier alpha value is -3.00. The van der Waals surface area contributed by atoms with Crippen LogP contribution < -0.4 is 15.4 Å². The normalized spacial score (nSPS) is 10.4. The van der Waals surface area contributed by atoms with Crippen LogP contribution in [0, 0.1) is 13.8 Å². The molecule has 0 saturated carbocycles. The highest BCUT2D eigenvalue weighted by atomic mass is 32.1. The van der Waals surface area contributed by atoms with Crippen molar-refractivity contribution in [3.63, 3.8) is 0 Å². The Balaban J connectivity index is 1.70. The Morgan fingerprint density at radius 3 is 2.60 bits per heavy atom. The number of carbonyl (C=O) groups is 1. The highest BCUT2D eigenvalue weighted by Gasteiger charge is 2.12. The summed E-state index contributed by atoms with van der Waals surface area (Å²) in [6, 6.07) is 9.03. The Kier molecular flexibility index (Phi) is 4.90. The van der Waals surface area contributed by atoms with Crippen LogP contribution in [0.5, 0.6) is 5.75 Å². The predicted molar refractivity (Wildman–Crippen MR) is 97.8 cm³/mol. The van der Waals surface area contributed by atoms with Gasteiger partial charge in [-0.2, -0.15) is 0 Å². The first-order chi connectivity index (χ1) is 12.0. The van der Waals surface area contributed by atoms with Gasteiger partial charge in [0.05, 0.1) is 7.11 Å². The average Bonchev–Trinajstić information content (AvgIpc) is 3.02. The van der Waals surface area contributed by atoms with E-state index in [4.69, 9.17) is 4.74 Å². The van der Waals surface area contributed by atoms with Crippen molar-refractivity contribution in [1.82, 2.24) is 15.0 Å². The van der Waals surface area contributed by atoms with Crippen molar-refractivity contribution in [1.29, 1.82) is 0 Å². The second-order valence-electron chi connectivity index (χ2n) is 5.32. The molecule has 0 saturated heterocycles. The van der Waals surface area contributed by atoms with Crippen molar-refractivity contribution in [3.8, 4) is 5.75 Å². The van der Waals surface area contributed by atoms with Crippen LogP contribution in [0.15, 0.2) is 35.7 Å². The maximum absolute atomic E-state index is 12.3. The fourth-order valence-electron chi connectivity index (χ4n) is 2.21. The number of ether oxygens (including phenoxy) is 1. The van der Waals surface area contributed by atoms with Crippen LogP contribution in [0.4, 0.5) is 16.8 Å². The van der Waals surface area contributed by atoms with Gasteiger partial charge in [0.1, 0.15) is 11.4 Å². The summed E-state index contributed by atoms with van der Waals surface area (Å²) >= 11 is 1.31. The summed E-state index contributed by atoms with van der Waals surface area (Å²) in [6.07, 6.45) is 0. The molecule has 0 unspecified atom stereocenters. The van der Waals surface area contributed by atoms with Gasteiger partial charge in [-0.25, -0.2) is 15.0 Å². The molecule has 7 nitrogen and oxygen atoms in total. The summed E-state index contributed by atoms with van der Waals surface area (Å²) in [5.41, 5.74) is 2.69. The van der Waals surface area contributed by atoms with E-state index in [2.05, 4.69) is 25.6 Å². The summed E-state index contributed by atoms with van der Waals surface area (Å²) in [5, 5.41) is 8.06. The molecule has 0 aliphatic heterocycles. The van der Waals surface area contributed by atoms with Crippen LogP contribution in [-0.2, 0) is 0 Å². The number of hydrogen-bond acceptors (Lipinski definition) is 7. The van der Waals surface area contributed by atoms with Crippen LogP contribution in [0.1, 0.15) is 21.9 Å². The minimum absolute atomic E-state index is 0.293. The van der Waals surface area contributed by atoms with Crippen molar-refractivity contribution in [3.05, 3.63) is 52.8 Å². The molecule has 8 heteroatoms. The molecular weight excluding hydrogens is 338 g/mol. The zero-order valence-electron chi connectivity index (χ0n) is 14.0. The maximum atomic E-state index is 12.3. The van der Waals surface area contributed by atoms with Gasteiger partial charge in [-0.3, -0.25) is 4.79 Å². The van der Waals surface area contributed by atoms with Gasteiger partial charge in [-0.1, -0.05) is 6.07 Å². The number of carbonyl (C=O) groups excluding carboxylic acids is 1. The average molecular weight is 355 g/mol. The highest BCUT2D eigenvalue weighted by Crippen LogP contribution is 2.21. The number of nitrogens with one attached hydrogen (secondary N) is 2. The molecule has 0 aliphatic rings. The van der Waals surface area contributed by atoms with Crippen LogP contribution in [-0.4, -0.2) is 28.0 Å². The van der Waals surface area contributed by atoms with Gasteiger partial charge in [0.25, 0.3) is 5.91 Å². The first-order valence-corrected chi connectivity index (χ1v) is 8.42. The molecule has 3 aromatic rings. The third-order valence-electron chi connectivity index (χ3n) is 3.27. The smallest absolute Gasteiger partial charge is 0.275 e. The Bertz CT molecular complexity index is 889. The third kappa shape index (κ3) is 4.30. The minimum atomic E-state index is -0.293. The number of methoxy groups -OCH3 is 1. The van der Waals surface area contributed by atoms with E-state index >= 15 is 0 Å². The molecule has 0 radical (unpaired) electrons. The van der Waals surface area contributed by atoms with Crippen LogP contribution >= 0.6 is 11.3 Å². The van der Waals surface area contributed by atoms with Gasteiger partial charge >= 0.3 is 0 Å². The van der Waals surface area contributed by atoms with E-state index < -0.39 is 0 Å². The lowest BCUT2D eigenvalue weighted by atomic mass is 10.3. The number of benzene rings is 1. The second-order valence-corrected chi connectivity index (χ2v) is 6.18. The molecule has 3 rings (SSSR count). The van der Waals surface area contributed by atoms with Crippen molar-refractivity contribution in [2.75, 3.05) is 17.7 Å². The number of thiazole rings is 1. The van der Waals surface area contributed by atoms with Gasteiger partial charge < -0.3 is 15.4 Å². The summed E-state index contributed by atoms with van der Waals surface area (Å²) in [6.45, 7) is 3.80. The molecular formula is C17H17N5O2S. The molecule has 0 aliphatic carbocycles. The number of aryl methyl sites for hydroxylation is 2. The molecule has 2 aromatic heterocycles. The minimum Gasteiger partial charge on any atom is -0.497 e. The number of hydrogen-bond donors (Lipinski definition) is 2. The third-order valence-corrected chi connectivity index (χ3v) is 4.02. The number of amides is 1. The number of rotatable bonds is 5. The maximum Gasteiger partial charge on any atom is 0.275 e. The highest BCUT2D eigenvalue weighted by molar-refractivity contribution is 7.14. The lowest BCUT2D eigenvalue weighted by molar-refractivity contribution is 0.102. The summed E-state index contributed by atoms with van der Waals surface area (Å²) in [7, 11) is 1.58. The zero-order chi connectivity index (χ0) is 17.8. The topological polar surface area (TPSA) is 89.0 Å². The molecule has 0 spiro atoms. The fraction of sp³-hybridized carbons (Fsp3) is 0.176. The lowest BCUT2D eigenvalue weighted by Gasteiger charge is -2.05. The molecule has 25 heavy (non-hydrogen) atoms. The van der Waals surface area contributed by atoms with Crippen molar-refractivity contribution < 1.29 is 9.53 Å². The van der Waals surface area contributed by atoms with E-state index in [9.17, 15) is 4.79 Å². The van der Waals surface area contributed by atoms with Gasteiger partial charge in [0, 0.05) is 28.5 Å². The Labute approximate surface area is 149 Å². The lowest BCUT2D eigenvalue weighted by Crippen LogP contribution is -2.12. The quantitative estimate of drug-likeness (QED) is 0.727. The fourth-order valence-corrected chi connectivity index (χ4v) is 2.89. The first kappa shape index (κ1) is 16.8. The van der Waals surface area contributed by atoms with Crippen molar-refractivity contribution >= 4 is 34.0 Å². The molecule has 2 heterocycles. The van der Waals surface area contributed by atoms with Gasteiger partial charge in [0.2, 0.25) is 5.95 Å². The first-order valence-electron chi connectivity index (χ1n) is 7.54. The Morgan fingerprint density at radius 2 is 1.88 bits per heavy atom. The molecule has 128 valence electrons. The molecule has 1 amide bonds. The Morgan fingerprint density at radius 1 is 1.12 bits per heavy atom. The molecule has 0 fully saturated rings.